The van der Waals surface area contributed by atoms with Crippen LogP contribution in [0.1, 0.15) is 24.8 Å². The van der Waals surface area contributed by atoms with E-state index in [9.17, 15) is 4.79 Å². The third-order valence-electron chi connectivity index (χ3n) is 3.42. The average Bonchev–Trinajstić information content (AvgIpc) is 2.96. The normalized spacial score (nSPS) is 20.2. The summed E-state index contributed by atoms with van der Waals surface area (Å²) in [5.41, 5.74) is 1.07. The summed E-state index contributed by atoms with van der Waals surface area (Å²) in [7, 11) is 1.41. The molecule has 0 bridgehead atoms. The SMILES string of the molecule is COC(=O)C(C[C@@H]1CCCN1)OCc1ccccc1. The first kappa shape index (κ1) is 14.0. The average molecular weight is 263 g/mol. The van der Waals surface area contributed by atoms with Crippen LogP contribution in [0.4, 0.5) is 0 Å². The number of benzene rings is 1. The summed E-state index contributed by atoms with van der Waals surface area (Å²) >= 11 is 0. The van der Waals surface area contributed by atoms with Crippen molar-refractivity contribution in [1.82, 2.24) is 5.32 Å². The zero-order valence-corrected chi connectivity index (χ0v) is 11.3. The number of nitrogens with one attached hydrogen (secondary N) is 1. The molecule has 2 atom stereocenters. The highest BCUT2D eigenvalue weighted by Gasteiger charge is 2.26. The fourth-order valence-corrected chi connectivity index (χ4v) is 2.35. The van der Waals surface area contributed by atoms with Crippen LogP contribution in [0, 0.1) is 0 Å². The van der Waals surface area contributed by atoms with Crippen molar-refractivity contribution in [1.29, 1.82) is 0 Å². The molecule has 1 heterocycles. The van der Waals surface area contributed by atoms with Gasteiger partial charge in [-0.1, -0.05) is 30.3 Å². The Morgan fingerprint density at radius 3 is 2.84 bits per heavy atom. The van der Waals surface area contributed by atoms with E-state index in [2.05, 4.69) is 5.32 Å². The van der Waals surface area contributed by atoms with Crippen molar-refractivity contribution in [3.63, 3.8) is 0 Å². The summed E-state index contributed by atoms with van der Waals surface area (Å²) < 4.78 is 10.5. The molecule has 2 rings (SSSR count). The molecule has 1 aliphatic rings. The number of hydrogen-bond donors (Lipinski definition) is 1. The van der Waals surface area contributed by atoms with Gasteiger partial charge in [-0.15, -0.1) is 0 Å². The van der Waals surface area contributed by atoms with Crippen molar-refractivity contribution >= 4 is 5.97 Å². The van der Waals surface area contributed by atoms with Crippen LogP contribution in [-0.4, -0.2) is 31.8 Å². The van der Waals surface area contributed by atoms with Crippen molar-refractivity contribution in [2.45, 2.75) is 38.0 Å². The standard InChI is InChI=1S/C15H21NO3/c1-18-15(17)14(10-13-8-5-9-16-13)19-11-12-6-3-2-4-7-12/h2-4,6-7,13-14,16H,5,8-11H2,1H3/t13-,14?/m0/s1. The summed E-state index contributed by atoms with van der Waals surface area (Å²) in [5, 5.41) is 3.38. The fourth-order valence-electron chi connectivity index (χ4n) is 2.35. The van der Waals surface area contributed by atoms with Gasteiger partial charge in [0, 0.05) is 6.04 Å². The van der Waals surface area contributed by atoms with E-state index in [1.165, 1.54) is 7.11 Å². The zero-order chi connectivity index (χ0) is 13.5. The molecule has 0 amide bonds. The van der Waals surface area contributed by atoms with Crippen LogP contribution < -0.4 is 5.32 Å². The van der Waals surface area contributed by atoms with Crippen LogP contribution in [0.5, 0.6) is 0 Å². The van der Waals surface area contributed by atoms with E-state index in [0.717, 1.165) is 24.9 Å². The molecule has 1 aromatic rings. The predicted octanol–water partition coefficient (Wildman–Crippen LogP) is 1.89. The molecule has 19 heavy (non-hydrogen) atoms. The van der Waals surface area contributed by atoms with E-state index in [1.807, 2.05) is 30.3 Å². The second kappa shape index (κ2) is 7.26. The summed E-state index contributed by atoms with van der Waals surface area (Å²) in [6.07, 6.45) is 2.46. The number of carbonyl (C=O) groups excluding carboxylic acids is 1. The lowest BCUT2D eigenvalue weighted by Crippen LogP contribution is -2.34. The van der Waals surface area contributed by atoms with E-state index in [4.69, 9.17) is 9.47 Å². The highest BCUT2D eigenvalue weighted by Crippen LogP contribution is 2.15. The van der Waals surface area contributed by atoms with Gasteiger partial charge in [0.05, 0.1) is 13.7 Å². The predicted molar refractivity (Wildman–Crippen MR) is 72.7 cm³/mol. The second-order valence-electron chi connectivity index (χ2n) is 4.84. The highest BCUT2D eigenvalue weighted by molar-refractivity contribution is 5.74. The van der Waals surface area contributed by atoms with Crippen LogP contribution in [0.25, 0.3) is 0 Å². The van der Waals surface area contributed by atoms with Gasteiger partial charge in [0.1, 0.15) is 0 Å². The quantitative estimate of drug-likeness (QED) is 0.796. The Morgan fingerprint density at radius 2 is 2.21 bits per heavy atom. The Bertz CT molecular complexity index is 388. The third kappa shape index (κ3) is 4.33. The van der Waals surface area contributed by atoms with Crippen molar-refractivity contribution in [3.05, 3.63) is 35.9 Å². The van der Waals surface area contributed by atoms with E-state index >= 15 is 0 Å². The molecule has 1 fully saturated rings. The van der Waals surface area contributed by atoms with E-state index < -0.39 is 6.10 Å². The van der Waals surface area contributed by atoms with Crippen LogP contribution in [-0.2, 0) is 20.9 Å². The minimum atomic E-state index is -0.485. The number of methoxy groups -OCH3 is 1. The lowest BCUT2D eigenvalue weighted by Gasteiger charge is -2.19. The maximum absolute atomic E-state index is 11.7. The van der Waals surface area contributed by atoms with Crippen LogP contribution >= 0.6 is 0 Å². The van der Waals surface area contributed by atoms with Crippen LogP contribution in [0.3, 0.4) is 0 Å². The number of hydrogen-bond acceptors (Lipinski definition) is 4. The Labute approximate surface area is 114 Å². The van der Waals surface area contributed by atoms with Gasteiger partial charge in [0.15, 0.2) is 6.10 Å². The molecule has 1 N–H and O–H groups in total. The summed E-state index contributed by atoms with van der Waals surface area (Å²) in [4.78, 5) is 11.7. The maximum atomic E-state index is 11.7. The lowest BCUT2D eigenvalue weighted by molar-refractivity contribution is -0.155. The third-order valence-corrected chi connectivity index (χ3v) is 3.42. The Balaban J connectivity index is 1.88. The largest absolute Gasteiger partial charge is 0.467 e. The van der Waals surface area contributed by atoms with Crippen molar-refractivity contribution < 1.29 is 14.3 Å². The number of rotatable bonds is 6. The lowest BCUT2D eigenvalue weighted by atomic mass is 10.1. The van der Waals surface area contributed by atoms with Crippen molar-refractivity contribution in [2.75, 3.05) is 13.7 Å². The second-order valence-corrected chi connectivity index (χ2v) is 4.84. The minimum Gasteiger partial charge on any atom is -0.467 e. The van der Waals surface area contributed by atoms with E-state index in [1.54, 1.807) is 0 Å². The summed E-state index contributed by atoms with van der Waals surface area (Å²) in [6, 6.07) is 10.2. The van der Waals surface area contributed by atoms with Crippen LogP contribution in [0.2, 0.25) is 0 Å². The van der Waals surface area contributed by atoms with Gasteiger partial charge in [0.2, 0.25) is 0 Å². The Morgan fingerprint density at radius 1 is 1.42 bits per heavy atom. The first-order valence-corrected chi connectivity index (χ1v) is 6.76. The molecule has 4 nitrogen and oxygen atoms in total. The molecule has 1 unspecified atom stereocenters. The van der Waals surface area contributed by atoms with Crippen molar-refractivity contribution in [3.8, 4) is 0 Å². The molecular formula is C15H21NO3. The van der Waals surface area contributed by atoms with Gasteiger partial charge in [-0.3, -0.25) is 0 Å². The first-order valence-electron chi connectivity index (χ1n) is 6.76. The number of carbonyl (C=O) groups is 1. The molecule has 0 saturated carbocycles. The molecule has 0 aromatic heterocycles. The van der Waals surface area contributed by atoms with Gasteiger partial charge in [-0.25, -0.2) is 4.79 Å². The Hall–Kier alpha value is -1.39. The number of ether oxygens (including phenoxy) is 2. The monoisotopic (exact) mass is 263 g/mol. The summed E-state index contributed by atoms with van der Waals surface area (Å²) in [5.74, 6) is -0.287. The highest BCUT2D eigenvalue weighted by atomic mass is 16.6. The molecule has 1 saturated heterocycles. The van der Waals surface area contributed by atoms with Gasteiger partial charge < -0.3 is 14.8 Å². The minimum absolute atomic E-state index is 0.287. The van der Waals surface area contributed by atoms with Crippen molar-refractivity contribution in [2.24, 2.45) is 0 Å². The van der Waals surface area contributed by atoms with Gasteiger partial charge in [-0.2, -0.15) is 0 Å². The molecule has 0 aliphatic carbocycles. The Kier molecular flexibility index (Phi) is 5.36. The van der Waals surface area contributed by atoms with E-state index in [-0.39, 0.29) is 5.97 Å². The van der Waals surface area contributed by atoms with Gasteiger partial charge in [-0.05, 0) is 31.4 Å². The molecule has 0 radical (unpaired) electrons. The maximum Gasteiger partial charge on any atom is 0.335 e. The number of esters is 1. The fraction of sp³-hybridized carbons (Fsp3) is 0.533. The topological polar surface area (TPSA) is 47.6 Å². The van der Waals surface area contributed by atoms with Gasteiger partial charge >= 0.3 is 5.97 Å². The first-order chi connectivity index (χ1) is 9.29. The van der Waals surface area contributed by atoms with Gasteiger partial charge in [0.25, 0.3) is 0 Å². The van der Waals surface area contributed by atoms with Crippen LogP contribution in [0.15, 0.2) is 30.3 Å². The molecule has 1 aliphatic heterocycles. The molecular weight excluding hydrogens is 242 g/mol. The summed E-state index contributed by atoms with van der Waals surface area (Å²) in [6.45, 7) is 1.46. The van der Waals surface area contributed by atoms with E-state index in [0.29, 0.717) is 19.1 Å². The molecule has 104 valence electrons. The smallest absolute Gasteiger partial charge is 0.335 e. The molecule has 4 heteroatoms. The molecule has 1 aromatic carbocycles. The zero-order valence-electron chi connectivity index (χ0n) is 11.3. The molecule has 0 spiro atoms.